The zero-order chi connectivity index (χ0) is 15.4. The fraction of sp³-hybridized carbons (Fsp3) is 0.368. The third-order valence-electron chi connectivity index (χ3n) is 4.38. The Morgan fingerprint density at radius 1 is 1.14 bits per heavy atom. The number of rotatable bonds is 4. The molecule has 0 bridgehead atoms. The molecule has 0 aromatic heterocycles. The predicted octanol–water partition coefficient (Wildman–Crippen LogP) is 4.69. The Balaban J connectivity index is 1.65. The van der Waals surface area contributed by atoms with Crippen LogP contribution in [0, 0.1) is 5.92 Å². The van der Waals surface area contributed by atoms with Gasteiger partial charge in [-0.15, -0.1) is 0 Å². The number of benzene rings is 2. The minimum Gasteiger partial charge on any atom is -0.318 e. The van der Waals surface area contributed by atoms with Crippen molar-refractivity contribution in [1.82, 2.24) is 0 Å². The molecule has 0 atom stereocenters. The zero-order valence-electron chi connectivity index (χ0n) is 12.9. The number of hydrogen-bond acceptors (Lipinski definition) is 3. The SMILES string of the molecule is CC(=NOC(=O)CC1CCCC1)c1ccc2ccccc2c1. The molecule has 114 valence electrons. The quantitative estimate of drug-likeness (QED) is 0.466. The highest BCUT2D eigenvalue weighted by atomic mass is 16.7. The standard InChI is InChI=1S/C19H21NO2/c1-14(20-22-19(21)12-15-6-2-3-7-15)17-11-10-16-8-4-5-9-18(16)13-17/h4-5,8-11,13,15H,2-3,6-7,12H2,1H3. The summed E-state index contributed by atoms with van der Waals surface area (Å²) in [5, 5.41) is 6.36. The number of fused-ring (bicyclic) bond motifs is 1. The molecular weight excluding hydrogens is 274 g/mol. The van der Waals surface area contributed by atoms with Crippen molar-refractivity contribution >= 4 is 22.5 Å². The van der Waals surface area contributed by atoms with E-state index in [0.717, 1.165) is 29.5 Å². The summed E-state index contributed by atoms with van der Waals surface area (Å²) in [4.78, 5) is 16.9. The number of oxime groups is 1. The molecule has 0 unspecified atom stereocenters. The third-order valence-corrected chi connectivity index (χ3v) is 4.38. The molecule has 3 rings (SSSR count). The molecule has 0 aliphatic heterocycles. The smallest absolute Gasteiger partial charge is 0.318 e. The van der Waals surface area contributed by atoms with Crippen molar-refractivity contribution in [2.75, 3.05) is 0 Å². The number of carbonyl (C=O) groups excluding carboxylic acids is 1. The summed E-state index contributed by atoms with van der Waals surface area (Å²) < 4.78 is 0. The van der Waals surface area contributed by atoms with Gasteiger partial charge in [-0.1, -0.05) is 54.4 Å². The zero-order valence-corrected chi connectivity index (χ0v) is 12.9. The second-order valence-electron chi connectivity index (χ2n) is 6.06. The number of hydrogen-bond donors (Lipinski definition) is 0. The monoisotopic (exact) mass is 295 g/mol. The summed E-state index contributed by atoms with van der Waals surface area (Å²) in [5.41, 5.74) is 1.71. The van der Waals surface area contributed by atoms with Crippen molar-refractivity contribution in [1.29, 1.82) is 0 Å². The molecule has 1 fully saturated rings. The summed E-state index contributed by atoms with van der Waals surface area (Å²) in [6, 6.07) is 14.3. The average molecular weight is 295 g/mol. The van der Waals surface area contributed by atoms with E-state index in [1.54, 1.807) is 0 Å². The van der Waals surface area contributed by atoms with Crippen LogP contribution in [0.4, 0.5) is 0 Å². The molecule has 3 heteroatoms. The van der Waals surface area contributed by atoms with Gasteiger partial charge in [-0.3, -0.25) is 0 Å². The molecule has 0 heterocycles. The lowest BCUT2D eigenvalue weighted by atomic mass is 10.0. The lowest BCUT2D eigenvalue weighted by Gasteiger charge is -2.06. The molecule has 1 aliphatic carbocycles. The van der Waals surface area contributed by atoms with Gasteiger partial charge in [0.2, 0.25) is 0 Å². The van der Waals surface area contributed by atoms with Gasteiger partial charge < -0.3 is 4.84 Å². The van der Waals surface area contributed by atoms with Crippen molar-refractivity contribution in [2.24, 2.45) is 11.1 Å². The lowest BCUT2D eigenvalue weighted by molar-refractivity contribution is -0.144. The van der Waals surface area contributed by atoms with Gasteiger partial charge in [0, 0.05) is 0 Å². The molecule has 0 N–H and O–H groups in total. The minimum absolute atomic E-state index is 0.216. The molecule has 0 saturated heterocycles. The Hall–Kier alpha value is -2.16. The summed E-state index contributed by atoms with van der Waals surface area (Å²) >= 11 is 0. The Kier molecular flexibility index (Phi) is 4.52. The fourth-order valence-electron chi connectivity index (χ4n) is 3.07. The Morgan fingerprint density at radius 3 is 2.64 bits per heavy atom. The summed E-state index contributed by atoms with van der Waals surface area (Å²) in [5.74, 6) is 0.274. The van der Waals surface area contributed by atoms with Crippen LogP contribution in [0.15, 0.2) is 47.6 Å². The maximum Gasteiger partial charge on any atom is 0.335 e. The van der Waals surface area contributed by atoms with E-state index in [0.29, 0.717) is 12.3 Å². The first-order chi connectivity index (χ1) is 10.7. The largest absolute Gasteiger partial charge is 0.335 e. The van der Waals surface area contributed by atoms with E-state index in [9.17, 15) is 4.79 Å². The Morgan fingerprint density at radius 2 is 1.86 bits per heavy atom. The van der Waals surface area contributed by atoms with Crippen molar-refractivity contribution in [3.8, 4) is 0 Å². The van der Waals surface area contributed by atoms with Crippen LogP contribution in [-0.2, 0) is 9.63 Å². The van der Waals surface area contributed by atoms with E-state index in [2.05, 4.69) is 29.4 Å². The van der Waals surface area contributed by atoms with Crippen molar-refractivity contribution < 1.29 is 9.63 Å². The van der Waals surface area contributed by atoms with Gasteiger partial charge in [0.1, 0.15) is 0 Å². The summed E-state index contributed by atoms with van der Waals surface area (Å²) in [6.45, 7) is 1.87. The van der Waals surface area contributed by atoms with Gasteiger partial charge in [-0.2, -0.15) is 0 Å². The average Bonchev–Trinajstić information content (AvgIpc) is 3.05. The van der Waals surface area contributed by atoms with E-state index in [-0.39, 0.29) is 5.97 Å². The van der Waals surface area contributed by atoms with E-state index >= 15 is 0 Å². The Labute approximate surface area is 131 Å². The summed E-state index contributed by atoms with van der Waals surface area (Å²) in [7, 11) is 0. The van der Waals surface area contributed by atoms with Gasteiger partial charge in [-0.05, 0) is 48.1 Å². The van der Waals surface area contributed by atoms with Crippen molar-refractivity contribution in [3.63, 3.8) is 0 Å². The number of nitrogens with zero attached hydrogens (tertiary/aromatic N) is 1. The van der Waals surface area contributed by atoms with Crippen molar-refractivity contribution in [2.45, 2.75) is 39.0 Å². The molecule has 0 radical (unpaired) electrons. The molecule has 0 spiro atoms. The van der Waals surface area contributed by atoms with Gasteiger partial charge in [-0.25, -0.2) is 4.79 Å². The lowest BCUT2D eigenvalue weighted by Crippen LogP contribution is -2.08. The van der Waals surface area contributed by atoms with E-state index in [1.165, 1.54) is 18.2 Å². The molecule has 0 amide bonds. The normalized spacial score (nSPS) is 16.1. The molecule has 1 aliphatic rings. The van der Waals surface area contributed by atoms with E-state index < -0.39 is 0 Å². The third kappa shape index (κ3) is 3.53. The van der Waals surface area contributed by atoms with Crippen LogP contribution in [0.3, 0.4) is 0 Å². The topological polar surface area (TPSA) is 38.7 Å². The second-order valence-corrected chi connectivity index (χ2v) is 6.06. The van der Waals surface area contributed by atoms with Crippen molar-refractivity contribution in [3.05, 3.63) is 48.0 Å². The highest BCUT2D eigenvalue weighted by Crippen LogP contribution is 2.27. The van der Waals surface area contributed by atoms with Gasteiger partial charge >= 0.3 is 5.97 Å². The van der Waals surface area contributed by atoms with Crippen LogP contribution in [0.5, 0.6) is 0 Å². The maximum atomic E-state index is 11.8. The van der Waals surface area contributed by atoms with E-state index in [4.69, 9.17) is 4.84 Å². The van der Waals surface area contributed by atoms with Gasteiger partial charge in [0.05, 0.1) is 12.1 Å². The Bertz CT molecular complexity index is 699. The van der Waals surface area contributed by atoms with Crippen LogP contribution < -0.4 is 0 Å². The second kappa shape index (κ2) is 6.73. The first-order valence-corrected chi connectivity index (χ1v) is 7.96. The van der Waals surface area contributed by atoms with Crippen LogP contribution in [0.25, 0.3) is 10.8 Å². The highest BCUT2D eigenvalue weighted by Gasteiger charge is 2.19. The minimum atomic E-state index is -0.216. The van der Waals surface area contributed by atoms with Crippen LogP contribution in [-0.4, -0.2) is 11.7 Å². The maximum absolute atomic E-state index is 11.8. The first kappa shape index (κ1) is 14.8. The fourth-order valence-corrected chi connectivity index (χ4v) is 3.07. The molecule has 1 saturated carbocycles. The molecule has 22 heavy (non-hydrogen) atoms. The van der Waals surface area contributed by atoms with E-state index in [1.807, 2.05) is 25.1 Å². The van der Waals surface area contributed by atoms with Gasteiger partial charge in [0.25, 0.3) is 0 Å². The predicted molar refractivity (Wildman–Crippen MR) is 88.8 cm³/mol. The molecule has 2 aromatic carbocycles. The number of carbonyl (C=O) groups is 1. The van der Waals surface area contributed by atoms with Crippen LogP contribution >= 0.6 is 0 Å². The molecule has 3 nitrogen and oxygen atoms in total. The first-order valence-electron chi connectivity index (χ1n) is 7.96. The summed E-state index contributed by atoms with van der Waals surface area (Å²) in [6.07, 6.45) is 5.24. The highest BCUT2D eigenvalue weighted by molar-refractivity contribution is 6.01. The van der Waals surface area contributed by atoms with Crippen LogP contribution in [0.2, 0.25) is 0 Å². The van der Waals surface area contributed by atoms with Crippen LogP contribution in [0.1, 0.15) is 44.6 Å². The molecule has 2 aromatic rings. The van der Waals surface area contributed by atoms with Gasteiger partial charge in [0.15, 0.2) is 0 Å². The molecular formula is C19H21NO2.